The molecule has 0 aromatic heterocycles. The normalized spacial score (nSPS) is 13.1. The minimum absolute atomic E-state index is 0.377. The molecule has 5 heteroatoms. The molecule has 2 aromatic carbocycles. The molecule has 0 fully saturated rings. The Balaban J connectivity index is 1.88. The van der Waals surface area contributed by atoms with Gasteiger partial charge in [-0.3, -0.25) is 0 Å². The van der Waals surface area contributed by atoms with Crippen LogP contribution in [0.25, 0.3) is 0 Å². The molecule has 0 saturated heterocycles. The molecule has 0 unspecified atom stereocenters. The second-order valence-electron chi connectivity index (χ2n) is 4.87. The van der Waals surface area contributed by atoms with Gasteiger partial charge in [0.2, 0.25) is 0 Å². The van der Waals surface area contributed by atoms with E-state index in [0.717, 1.165) is 17.9 Å². The summed E-state index contributed by atoms with van der Waals surface area (Å²) < 4.78 is 16.1. The van der Waals surface area contributed by atoms with E-state index in [1.165, 1.54) is 7.11 Å². The molecule has 0 amide bonds. The maximum Gasteiger partial charge on any atom is 0.339 e. The number of hydrogen-bond acceptors (Lipinski definition) is 5. The first-order valence-electron chi connectivity index (χ1n) is 7.12. The van der Waals surface area contributed by atoms with Crippen LogP contribution in [-0.4, -0.2) is 26.3 Å². The molecule has 0 bridgehead atoms. The topological polar surface area (TPSA) is 56.8 Å². The Bertz CT molecular complexity index is 684. The van der Waals surface area contributed by atoms with Crippen LogP contribution in [0.15, 0.2) is 42.5 Å². The van der Waals surface area contributed by atoms with Crippen LogP contribution in [0.1, 0.15) is 16.8 Å². The molecule has 114 valence electrons. The number of carbonyl (C=O) groups is 1. The van der Waals surface area contributed by atoms with Crippen molar-refractivity contribution in [3.63, 3.8) is 0 Å². The van der Waals surface area contributed by atoms with E-state index in [1.54, 1.807) is 12.1 Å². The fraction of sp³-hybridized carbons (Fsp3) is 0.235. The molecule has 1 aliphatic heterocycles. The highest BCUT2D eigenvalue weighted by molar-refractivity contribution is 5.96. The van der Waals surface area contributed by atoms with Crippen molar-refractivity contribution in [2.45, 2.75) is 6.42 Å². The summed E-state index contributed by atoms with van der Waals surface area (Å²) in [4.78, 5) is 11.8. The monoisotopic (exact) mass is 299 g/mol. The van der Waals surface area contributed by atoms with Crippen LogP contribution in [0, 0.1) is 0 Å². The minimum atomic E-state index is -0.377. The molecule has 0 saturated carbocycles. The first-order chi connectivity index (χ1) is 10.8. The second-order valence-corrected chi connectivity index (χ2v) is 4.87. The Morgan fingerprint density at radius 1 is 1.09 bits per heavy atom. The van der Waals surface area contributed by atoms with Crippen LogP contribution in [-0.2, 0) is 4.74 Å². The lowest BCUT2D eigenvalue weighted by Gasteiger charge is -2.13. The molecular weight excluding hydrogens is 282 g/mol. The van der Waals surface area contributed by atoms with Crippen molar-refractivity contribution >= 4 is 17.3 Å². The van der Waals surface area contributed by atoms with Crippen LogP contribution in [0.5, 0.6) is 11.5 Å². The van der Waals surface area contributed by atoms with E-state index in [9.17, 15) is 4.79 Å². The van der Waals surface area contributed by atoms with Crippen LogP contribution < -0.4 is 14.8 Å². The van der Waals surface area contributed by atoms with Gasteiger partial charge in [-0.2, -0.15) is 0 Å². The smallest absolute Gasteiger partial charge is 0.339 e. The summed E-state index contributed by atoms with van der Waals surface area (Å²) >= 11 is 0. The number of para-hydroxylation sites is 1. The summed E-state index contributed by atoms with van der Waals surface area (Å²) in [6, 6.07) is 12.8. The standard InChI is InChI=1S/C17H17NO4/c1-20-17(19)13-5-2-3-6-14(13)18-12-7-8-15-16(11-12)22-10-4-9-21-15/h2-3,5-8,11,18H,4,9-10H2,1H3. The minimum Gasteiger partial charge on any atom is -0.490 e. The maximum atomic E-state index is 11.8. The molecule has 0 radical (unpaired) electrons. The second kappa shape index (κ2) is 6.39. The fourth-order valence-corrected chi connectivity index (χ4v) is 2.28. The Labute approximate surface area is 128 Å². The SMILES string of the molecule is COC(=O)c1ccccc1Nc1ccc2c(c1)OCCCO2. The van der Waals surface area contributed by atoms with Gasteiger partial charge in [0.15, 0.2) is 11.5 Å². The molecular formula is C17H17NO4. The lowest BCUT2D eigenvalue weighted by atomic mass is 10.1. The number of hydrogen-bond donors (Lipinski definition) is 1. The number of rotatable bonds is 3. The van der Waals surface area contributed by atoms with Crippen molar-refractivity contribution in [2.75, 3.05) is 25.6 Å². The third kappa shape index (κ3) is 2.98. The molecule has 2 aromatic rings. The lowest BCUT2D eigenvalue weighted by molar-refractivity contribution is 0.0602. The summed E-state index contributed by atoms with van der Waals surface area (Å²) in [5.74, 6) is 1.07. The van der Waals surface area contributed by atoms with Gasteiger partial charge in [0.05, 0.1) is 31.6 Å². The highest BCUT2D eigenvalue weighted by Crippen LogP contribution is 2.33. The van der Waals surface area contributed by atoms with Gasteiger partial charge < -0.3 is 19.5 Å². The molecule has 3 rings (SSSR count). The zero-order chi connectivity index (χ0) is 15.4. The molecule has 1 heterocycles. The Morgan fingerprint density at radius 2 is 1.86 bits per heavy atom. The van der Waals surface area contributed by atoms with Gasteiger partial charge in [0, 0.05) is 18.2 Å². The van der Waals surface area contributed by atoms with Gasteiger partial charge in [-0.15, -0.1) is 0 Å². The third-order valence-electron chi connectivity index (χ3n) is 3.36. The van der Waals surface area contributed by atoms with E-state index in [0.29, 0.717) is 30.2 Å². The Morgan fingerprint density at radius 3 is 2.68 bits per heavy atom. The summed E-state index contributed by atoms with van der Waals surface area (Å²) in [5.41, 5.74) is 1.99. The van der Waals surface area contributed by atoms with E-state index in [2.05, 4.69) is 5.32 Å². The molecule has 22 heavy (non-hydrogen) atoms. The zero-order valence-corrected chi connectivity index (χ0v) is 12.3. The molecule has 0 atom stereocenters. The summed E-state index contributed by atoms with van der Waals surface area (Å²) in [6.45, 7) is 1.29. The van der Waals surface area contributed by atoms with Gasteiger partial charge in [-0.1, -0.05) is 12.1 Å². The maximum absolute atomic E-state index is 11.8. The number of fused-ring (bicyclic) bond motifs is 1. The summed E-state index contributed by atoms with van der Waals surface area (Å²) in [5, 5.41) is 3.22. The van der Waals surface area contributed by atoms with Crippen molar-refractivity contribution in [2.24, 2.45) is 0 Å². The van der Waals surface area contributed by atoms with Gasteiger partial charge >= 0.3 is 5.97 Å². The highest BCUT2D eigenvalue weighted by atomic mass is 16.5. The van der Waals surface area contributed by atoms with E-state index >= 15 is 0 Å². The number of anilines is 2. The van der Waals surface area contributed by atoms with Crippen molar-refractivity contribution in [1.29, 1.82) is 0 Å². The Hall–Kier alpha value is -2.69. The van der Waals surface area contributed by atoms with Gasteiger partial charge in [0.1, 0.15) is 0 Å². The molecule has 0 spiro atoms. The number of nitrogens with one attached hydrogen (secondary N) is 1. The first kappa shape index (κ1) is 14.3. The predicted molar refractivity (Wildman–Crippen MR) is 83.1 cm³/mol. The van der Waals surface area contributed by atoms with Crippen molar-refractivity contribution in [3.05, 3.63) is 48.0 Å². The Kier molecular flexibility index (Phi) is 4.14. The fourth-order valence-electron chi connectivity index (χ4n) is 2.28. The van der Waals surface area contributed by atoms with Crippen LogP contribution in [0.3, 0.4) is 0 Å². The summed E-state index contributed by atoms with van der Waals surface area (Å²) in [6.07, 6.45) is 0.864. The van der Waals surface area contributed by atoms with E-state index in [1.807, 2.05) is 30.3 Å². The van der Waals surface area contributed by atoms with Gasteiger partial charge in [0.25, 0.3) is 0 Å². The molecule has 5 nitrogen and oxygen atoms in total. The van der Waals surface area contributed by atoms with Gasteiger partial charge in [-0.25, -0.2) is 4.79 Å². The zero-order valence-electron chi connectivity index (χ0n) is 12.3. The quantitative estimate of drug-likeness (QED) is 0.881. The van der Waals surface area contributed by atoms with Gasteiger partial charge in [-0.05, 0) is 24.3 Å². The number of benzene rings is 2. The number of ether oxygens (including phenoxy) is 3. The predicted octanol–water partition coefficient (Wildman–Crippen LogP) is 3.38. The highest BCUT2D eigenvalue weighted by Gasteiger charge is 2.13. The van der Waals surface area contributed by atoms with Crippen molar-refractivity contribution in [3.8, 4) is 11.5 Å². The van der Waals surface area contributed by atoms with E-state index in [-0.39, 0.29) is 5.97 Å². The van der Waals surface area contributed by atoms with Crippen molar-refractivity contribution in [1.82, 2.24) is 0 Å². The lowest BCUT2D eigenvalue weighted by Crippen LogP contribution is -2.05. The third-order valence-corrected chi connectivity index (χ3v) is 3.36. The molecule has 0 aliphatic carbocycles. The van der Waals surface area contributed by atoms with E-state index < -0.39 is 0 Å². The average Bonchev–Trinajstić information content (AvgIpc) is 2.79. The number of esters is 1. The van der Waals surface area contributed by atoms with Crippen LogP contribution in [0.4, 0.5) is 11.4 Å². The van der Waals surface area contributed by atoms with E-state index in [4.69, 9.17) is 14.2 Å². The molecule has 1 N–H and O–H groups in total. The molecule has 1 aliphatic rings. The first-order valence-corrected chi connectivity index (χ1v) is 7.12. The average molecular weight is 299 g/mol. The number of carbonyl (C=O) groups excluding carboxylic acids is 1. The van der Waals surface area contributed by atoms with Crippen LogP contribution >= 0.6 is 0 Å². The largest absolute Gasteiger partial charge is 0.490 e. The van der Waals surface area contributed by atoms with Crippen LogP contribution in [0.2, 0.25) is 0 Å². The summed E-state index contributed by atoms with van der Waals surface area (Å²) in [7, 11) is 1.37. The van der Waals surface area contributed by atoms with Crippen molar-refractivity contribution < 1.29 is 19.0 Å². The number of methoxy groups -OCH3 is 1.